The van der Waals surface area contributed by atoms with Crippen molar-refractivity contribution in [2.75, 3.05) is 53.4 Å². The number of likely N-dealkylation sites (N-methyl/N-ethyl adjacent to an activating group) is 1. The molecule has 0 saturated carbocycles. The summed E-state index contributed by atoms with van der Waals surface area (Å²) in [5, 5.41) is 3.49. The number of amides is 1. The van der Waals surface area contributed by atoms with Crippen molar-refractivity contribution < 1.29 is 9.53 Å². The number of ether oxygens (including phenoxy) is 1. The molecule has 1 amide bonds. The van der Waals surface area contributed by atoms with Gasteiger partial charge in [-0.2, -0.15) is 0 Å². The molecule has 0 radical (unpaired) electrons. The van der Waals surface area contributed by atoms with E-state index in [0.29, 0.717) is 18.5 Å². The summed E-state index contributed by atoms with van der Waals surface area (Å²) < 4.78 is 5.53. The fourth-order valence-corrected chi connectivity index (χ4v) is 3.23. The predicted octanol–water partition coefficient (Wildman–Crippen LogP) is 2.87. The van der Waals surface area contributed by atoms with Crippen molar-refractivity contribution in [3.8, 4) is 0 Å². The number of hydrogen-bond acceptors (Lipinski definition) is 4. The van der Waals surface area contributed by atoms with Crippen molar-refractivity contribution in [2.45, 2.75) is 66.0 Å². The maximum Gasteiger partial charge on any atom is 0.410 e. The van der Waals surface area contributed by atoms with E-state index < -0.39 is 5.60 Å². The number of rotatable bonds is 7. The Hall–Kier alpha value is -1.50. The van der Waals surface area contributed by atoms with Crippen molar-refractivity contribution in [2.24, 2.45) is 10.9 Å². The highest BCUT2D eigenvalue weighted by Crippen LogP contribution is 2.20. The fraction of sp³-hybridized carbons (Fsp3) is 0.905. The Morgan fingerprint density at radius 1 is 1.29 bits per heavy atom. The topological polar surface area (TPSA) is 60.4 Å². The Balaban J connectivity index is 2.44. The molecule has 0 aromatic heterocycles. The molecular formula is C21H43N5O2. The molecule has 7 heteroatoms. The SMILES string of the molecule is CCN(CC1CCN(C(=NC)NCCN(C)C(C)C)CC1)C(=O)OC(C)(C)C. The van der Waals surface area contributed by atoms with Gasteiger partial charge in [0.05, 0.1) is 0 Å². The van der Waals surface area contributed by atoms with E-state index in [1.54, 1.807) is 0 Å². The van der Waals surface area contributed by atoms with Gasteiger partial charge in [0.15, 0.2) is 5.96 Å². The van der Waals surface area contributed by atoms with Gasteiger partial charge in [-0.15, -0.1) is 0 Å². The van der Waals surface area contributed by atoms with Gasteiger partial charge in [-0.05, 0) is 67.3 Å². The van der Waals surface area contributed by atoms with Crippen molar-refractivity contribution >= 4 is 12.1 Å². The van der Waals surface area contributed by atoms with E-state index in [1.165, 1.54) is 0 Å². The van der Waals surface area contributed by atoms with Crippen LogP contribution >= 0.6 is 0 Å². The lowest BCUT2D eigenvalue weighted by atomic mass is 9.96. The van der Waals surface area contributed by atoms with E-state index in [2.05, 4.69) is 41.0 Å². The lowest BCUT2D eigenvalue weighted by molar-refractivity contribution is 0.0214. The molecule has 7 nitrogen and oxygen atoms in total. The van der Waals surface area contributed by atoms with Crippen molar-refractivity contribution in [1.29, 1.82) is 0 Å². The highest BCUT2D eigenvalue weighted by molar-refractivity contribution is 5.79. The summed E-state index contributed by atoms with van der Waals surface area (Å²) in [7, 11) is 3.99. The summed E-state index contributed by atoms with van der Waals surface area (Å²) in [5.41, 5.74) is -0.449. The second-order valence-corrected chi connectivity index (χ2v) is 9.00. The number of piperidine rings is 1. The third-order valence-corrected chi connectivity index (χ3v) is 5.27. The molecule has 0 bridgehead atoms. The number of aliphatic imine (C=N–C) groups is 1. The van der Waals surface area contributed by atoms with Crippen LogP contribution in [-0.4, -0.2) is 91.8 Å². The smallest absolute Gasteiger partial charge is 0.410 e. The van der Waals surface area contributed by atoms with Gasteiger partial charge in [0.25, 0.3) is 0 Å². The Kier molecular flexibility index (Phi) is 10.1. The van der Waals surface area contributed by atoms with E-state index in [9.17, 15) is 4.79 Å². The standard InChI is InChI=1S/C21H43N5O2/c1-9-25(20(27)28-21(4,5)6)16-18-10-13-26(14-11-18)19(22-7)23-12-15-24(8)17(2)3/h17-18H,9-16H2,1-8H3,(H,22,23). The molecule has 1 fully saturated rings. The second kappa shape index (κ2) is 11.5. The van der Waals surface area contributed by atoms with Crippen LogP contribution in [0.4, 0.5) is 4.79 Å². The van der Waals surface area contributed by atoms with Gasteiger partial charge >= 0.3 is 6.09 Å². The number of likely N-dealkylation sites (tertiary alicyclic amines) is 1. The molecular weight excluding hydrogens is 354 g/mol. The molecule has 0 aromatic carbocycles. The highest BCUT2D eigenvalue weighted by Gasteiger charge is 2.27. The van der Waals surface area contributed by atoms with Gasteiger partial charge < -0.3 is 24.8 Å². The zero-order valence-corrected chi connectivity index (χ0v) is 19.4. The molecule has 28 heavy (non-hydrogen) atoms. The number of carbonyl (C=O) groups excluding carboxylic acids is 1. The van der Waals surface area contributed by atoms with Crippen molar-refractivity contribution in [3.63, 3.8) is 0 Å². The minimum Gasteiger partial charge on any atom is -0.444 e. The minimum absolute atomic E-state index is 0.204. The first kappa shape index (κ1) is 24.5. The summed E-state index contributed by atoms with van der Waals surface area (Å²) in [6.07, 6.45) is 1.92. The lowest BCUT2D eigenvalue weighted by Crippen LogP contribution is -2.49. The largest absolute Gasteiger partial charge is 0.444 e. The minimum atomic E-state index is -0.449. The Labute approximate surface area is 172 Å². The van der Waals surface area contributed by atoms with Gasteiger partial charge in [0.1, 0.15) is 5.60 Å². The quantitative estimate of drug-likeness (QED) is 0.529. The molecule has 1 rings (SSSR count). The number of carbonyl (C=O) groups is 1. The number of guanidine groups is 1. The molecule has 1 heterocycles. The van der Waals surface area contributed by atoms with Crippen molar-refractivity contribution in [1.82, 2.24) is 20.0 Å². The van der Waals surface area contributed by atoms with Gasteiger partial charge in [0, 0.05) is 52.4 Å². The van der Waals surface area contributed by atoms with Gasteiger partial charge in [-0.25, -0.2) is 4.79 Å². The van der Waals surface area contributed by atoms with Gasteiger partial charge in [-0.3, -0.25) is 4.99 Å². The van der Waals surface area contributed by atoms with Crippen LogP contribution in [0, 0.1) is 5.92 Å². The molecule has 0 spiro atoms. The van der Waals surface area contributed by atoms with Gasteiger partial charge in [-0.1, -0.05) is 0 Å². The molecule has 0 atom stereocenters. The third kappa shape index (κ3) is 8.67. The predicted molar refractivity (Wildman–Crippen MR) is 117 cm³/mol. The second-order valence-electron chi connectivity index (χ2n) is 9.00. The maximum absolute atomic E-state index is 12.4. The average Bonchev–Trinajstić information content (AvgIpc) is 2.62. The Morgan fingerprint density at radius 2 is 1.89 bits per heavy atom. The van der Waals surface area contributed by atoms with Crippen LogP contribution in [0.15, 0.2) is 4.99 Å². The van der Waals surface area contributed by atoms with Crippen LogP contribution in [-0.2, 0) is 4.74 Å². The monoisotopic (exact) mass is 397 g/mol. The van der Waals surface area contributed by atoms with Crippen LogP contribution in [0.2, 0.25) is 0 Å². The number of nitrogens with zero attached hydrogens (tertiary/aromatic N) is 4. The van der Waals surface area contributed by atoms with Crippen LogP contribution in [0.1, 0.15) is 54.4 Å². The molecule has 1 aliphatic heterocycles. The maximum atomic E-state index is 12.4. The molecule has 0 aliphatic carbocycles. The summed E-state index contributed by atoms with van der Waals surface area (Å²) in [5.74, 6) is 1.49. The normalized spacial score (nSPS) is 16.6. The Morgan fingerprint density at radius 3 is 2.36 bits per heavy atom. The Bertz CT molecular complexity index is 494. The fourth-order valence-electron chi connectivity index (χ4n) is 3.23. The summed E-state index contributed by atoms with van der Waals surface area (Å²) >= 11 is 0. The lowest BCUT2D eigenvalue weighted by Gasteiger charge is -2.36. The van der Waals surface area contributed by atoms with E-state index in [4.69, 9.17) is 4.74 Å². The first-order valence-corrected chi connectivity index (χ1v) is 10.7. The van der Waals surface area contributed by atoms with Crippen LogP contribution < -0.4 is 5.32 Å². The third-order valence-electron chi connectivity index (χ3n) is 5.27. The zero-order chi connectivity index (χ0) is 21.3. The van der Waals surface area contributed by atoms with Gasteiger partial charge in [0.2, 0.25) is 0 Å². The van der Waals surface area contributed by atoms with E-state index in [-0.39, 0.29) is 6.09 Å². The first-order chi connectivity index (χ1) is 13.1. The molecule has 1 saturated heterocycles. The summed E-state index contributed by atoms with van der Waals surface area (Å²) in [6, 6.07) is 0.547. The molecule has 164 valence electrons. The zero-order valence-electron chi connectivity index (χ0n) is 19.4. The van der Waals surface area contributed by atoms with E-state index >= 15 is 0 Å². The number of hydrogen-bond donors (Lipinski definition) is 1. The van der Waals surface area contributed by atoms with Crippen molar-refractivity contribution in [3.05, 3.63) is 0 Å². The highest BCUT2D eigenvalue weighted by atomic mass is 16.6. The molecule has 1 N–H and O–H groups in total. The molecule has 0 aromatic rings. The van der Waals surface area contributed by atoms with Crippen LogP contribution in [0.25, 0.3) is 0 Å². The van der Waals surface area contributed by atoms with Crippen LogP contribution in [0.3, 0.4) is 0 Å². The van der Waals surface area contributed by atoms with E-state index in [0.717, 1.165) is 51.5 Å². The molecule has 1 aliphatic rings. The molecule has 0 unspecified atom stereocenters. The summed E-state index contributed by atoms with van der Waals surface area (Å²) in [6.45, 7) is 17.4. The average molecular weight is 398 g/mol. The van der Waals surface area contributed by atoms with Crippen LogP contribution in [0.5, 0.6) is 0 Å². The van der Waals surface area contributed by atoms with E-state index in [1.807, 2.05) is 39.6 Å². The first-order valence-electron chi connectivity index (χ1n) is 10.7. The summed E-state index contributed by atoms with van der Waals surface area (Å²) in [4.78, 5) is 23.3. The number of nitrogens with one attached hydrogen (secondary N) is 1.